The van der Waals surface area contributed by atoms with Gasteiger partial charge in [-0.25, -0.2) is 0 Å². The molecule has 0 bridgehead atoms. The molecule has 0 spiro atoms. The smallest absolute Gasteiger partial charge is 0.742 e. The summed E-state index contributed by atoms with van der Waals surface area (Å²) in [7, 11) is 0. The molecule has 1 N–H and O–H groups in total. The van der Waals surface area contributed by atoms with Crippen LogP contribution < -0.4 is 34.9 Å². The minimum Gasteiger partial charge on any atom is -0.742 e. The number of aliphatic imine (C=N–C) groups is 1. The molecule has 15 heavy (non-hydrogen) atoms. The maximum Gasteiger partial charge on any atom is 1.00 e. The summed E-state index contributed by atoms with van der Waals surface area (Å²) < 4.78 is 0. The molecule has 0 aliphatic carbocycles. The number of nitrogens with one attached hydrogen (secondary N) is 1. The van der Waals surface area contributed by atoms with Crippen molar-refractivity contribution in [3.63, 3.8) is 0 Å². The first-order valence-electron chi connectivity index (χ1n) is 3.49. The van der Waals surface area contributed by atoms with Gasteiger partial charge in [-0.05, 0) is 23.4 Å². The first kappa shape index (κ1) is 15.0. The second-order valence-corrected chi connectivity index (χ2v) is 3.45. The van der Waals surface area contributed by atoms with E-state index >= 15 is 0 Å². The van der Waals surface area contributed by atoms with Gasteiger partial charge in [-0.15, -0.1) is 0 Å². The van der Waals surface area contributed by atoms with Crippen molar-refractivity contribution in [2.75, 3.05) is 0 Å². The zero-order valence-electron chi connectivity index (χ0n) is 7.79. The molecule has 0 aliphatic rings. The predicted octanol–water partition coefficient (Wildman–Crippen LogP) is -0.398. The van der Waals surface area contributed by atoms with Gasteiger partial charge >= 0.3 is 29.6 Å². The largest absolute Gasteiger partial charge is 1.00 e. The van der Waals surface area contributed by atoms with Gasteiger partial charge in [0.2, 0.25) is 0 Å². The number of hydrogen-bond acceptors (Lipinski definition) is 3. The average Bonchev–Trinajstić information content (AvgIpc) is 2.12. The van der Waals surface area contributed by atoms with E-state index in [9.17, 15) is 0 Å². The number of hydrogen-bond donors (Lipinski definition) is 1. The third-order valence-electron chi connectivity index (χ3n) is 1.30. The topological polar surface area (TPSA) is 48.2 Å². The minimum absolute atomic E-state index is 0. The molecule has 1 aromatic carbocycles. The van der Waals surface area contributed by atoms with E-state index in [1.165, 1.54) is 0 Å². The number of rotatable bonds is 1. The maximum atomic E-state index is 8.26. The molecule has 0 atom stereocenters. The zero-order valence-corrected chi connectivity index (χ0v) is 12.1. The van der Waals surface area contributed by atoms with Crippen molar-refractivity contribution in [2.45, 2.75) is 0 Å². The van der Waals surface area contributed by atoms with Crippen LogP contribution in [-0.4, -0.2) is 5.17 Å². The van der Waals surface area contributed by atoms with Crippen LogP contribution in [-0.2, 0) is 12.6 Å². The van der Waals surface area contributed by atoms with Crippen LogP contribution in [0.5, 0.6) is 0 Å². The number of benzene rings is 1. The Labute approximate surface area is 125 Å². The van der Waals surface area contributed by atoms with Crippen molar-refractivity contribution in [2.24, 2.45) is 4.99 Å². The van der Waals surface area contributed by atoms with Crippen LogP contribution in [0.3, 0.4) is 0 Å². The van der Waals surface area contributed by atoms with Crippen molar-refractivity contribution >= 4 is 46.7 Å². The Balaban J connectivity index is 0.00000196. The summed E-state index contributed by atoms with van der Waals surface area (Å²) in [5.74, 6) is 0. The van der Waals surface area contributed by atoms with Crippen molar-refractivity contribution in [3.8, 4) is 6.19 Å². The molecule has 1 rings (SSSR count). The third-order valence-corrected chi connectivity index (χ3v) is 2.23. The van der Waals surface area contributed by atoms with Crippen LogP contribution in [0.15, 0.2) is 23.2 Å². The molecular weight excluding hydrogens is 264 g/mol. The fourth-order valence-electron chi connectivity index (χ4n) is 0.748. The quantitative estimate of drug-likeness (QED) is 0.188. The molecule has 0 heterocycles. The summed E-state index contributed by atoms with van der Waals surface area (Å²) in [4.78, 5) is 3.91. The van der Waals surface area contributed by atoms with Gasteiger partial charge in [-0.3, -0.25) is 4.99 Å². The van der Waals surface area contributed by atoms with Gasteiger partial charge in [0.25, 0.3) is 0 Å². The summed E-state index contributed by atoms with van der Waals surface area (Å²) in [5.41, 5.74) is 0.548. The Kier molecular flexibility index (Phi) is 7.28. The van der Waals surface area contributed by atoms with Crippen molar-refractivity contribution in [1.82, 2.24) is 5.32 Å². The first-order chi connectivity index (χ1) is 6.63. The Bertz CT molecular complexity index is 417. The molecule has 1 aromatic rings. The van der Waals surface area contributed by atoms with E-state index in [1.54, 1.807) is 24.4 Å². The summed E-state index contributed by atoms with van der Waals surface area (Å²) >= 11 is 16.2. The number of nitriles is 1. The predicted molar refractivity (Wildman–Crippen MR) is 59.7 cm³/mol. The molecule has 0 amide bonds. The second-order valence-electron chi connectivity index (χ2n) is 2.25. The van der Waals surface area contributed by atoms with Gasteiger partial charge in [-0.2, -0.15) is 5.26 Å². The molecule has 3 nitrogen and oxygen atoms in total. The molecule has 0 radical (unpaired) electrons. The van der Waals surface area contributed by atoms with Gasteiger partial charge in [0.1, 0.15) is 0 Å². The molecule has 0 aromatic heterocycles. The summed E-state index contributed by atoms with van der Waals surface area (Å²) in [6.07, 6.45) is 1.67. The molecule has 0 saturated heterocycles. The van der Waals surface area contributed by atoms with Crippen LogP contribution in [0.1, 0.15) is 0 Å². The fraction of sp³-hybridized carbons (Fsp3) is 0. The standard InChI is InChI=1S/C8H5Cl2N3S.Na/c9-6-2-1-5(3-7(6)10)13-8(14)12-4-11;/h1-3H,(H2,12,13,14);/q;+1/p-1. The summed E-state index contributed by atoms with van der Waals surface area (Å²) in [6, 6.07) is 4.83. The Morgan fingerprint density at radius 1 is 1.40 bits per heavy atom. The Morgan fingerprint density at radius 3 is 2.60 bits per heavy atom. The Morgan fingerprint density at radius 2 is 2.07 bits per heavy atom. The zero-order chi connectivity index (χ0) is 10.6. The molecular formula is C8H4Cl2N3NaS. The summed E-state index contributed by atoms with van der Waals surface area (Å²) in [5, 5.41) is 11.4. The average molecular weight is 268 g/mol. The minimum atomic E-state index is 0. The first-order valence-corrected chi connectivity index (χ1v) is 4.66. The molecule has 72 valence electrons. The van der Waals surface area contributed by atoms with Crippen LogP contribution in [0.2, 0.25) is 10.0 Å². The van der Waals surface area contributed by atoms with Gasteiger partial charge in [0.15, 0.2) is 6.19 Å². The van der Waals surface area contributed by atoms with E-state index in [-0.39, 0.29) is 34.7 Å². The molecule has 0 saturated carbocycles. The number of amidine groups is 1. The normalized spacial score (nSPS) is 10.1. The van der Waals surface area contributed by atoms with Crippen LogP contribution in [0, 0.1) is 11.5 Å². The summed E-state index contributed by atoms with van der Waals surface area (Å²) in [6.45, 7) is 0. The van der Waals surface area contributed by atoms with Gasteiger partial charge in [0.05, 0.1) is 15.7 Å². The van der Waals surface area contributed by atoms with E-state index in [1.807, 2.05) is 0 Å². The number of nitrogens with zero attached hydrogens (tertiary/aromatic N) is 2. The van der Waals surface area contributed by atoms with E-state index in [0.717, 1.165) is 0 Å². The Hall–Kier alpha value is -0.0200. The number of halogens is 2. The second kappa shape index (κ2) is 7.29. The van der Waals surface area contributed by atoms with E-state index in [4.69, 9.17) is 41.1 Å². The van der Waals surface area contributed by atoms with Crippen molar-refractivity contribution < 1.29 is 29.6 Å². The molecule has 0 unspecified atom stereocenters. The van der Waals surface area contributed by atoms with Gasteiger partial charge in [0, 0.05) is 0 Å². The van der Waals surface area contributed by atoms with Gasteiger partial charge in [-0.1, -0.05) is 23.2 Å². The van der Waals surface area contributed by atoms with Gasteiger partial charge < -0.3 is 17.9 Å². The monoisotopic (exact) mass is 267 g/mol. The maximum absolute atomic E-state index is 8.26. The van der Waals surface area contributed by atoms with E-state index in [0.29, 0.717) is 15.7 Å². The van der Waals surface area contributed by atoms with Crippen molar-refractivity contribution in [1.29, 1.82) is 5.26 Å². The molecule has 0 aliphatic heterocycles. The molecule has 7 heteroatoms. The van der Waals surface area contributed by atoms with E-state index in [2.05, 4.69) is 10.3 Å². The molecule has 0 fully saturated rings. The van der Waals surface area contributed by atoms with Crippen molar-refractivity contribution in [3.05, 3.63) is 28.2 Å². The van der Waals surface area contributed by atoms with Crippen LogP contribution in [0.25, 0.3) is 0 Å². The SMILES string of the molecule is N#CNC([S-])=Nc1ccc(Cl)c(Cl)c1.[Na+]. The van der Waals surface area contributed by atoms with E-state index < -0.39 is 0 Å². The fourth-order valence-corrected chi connectivity index (χ4v) is 1.19. The van der Waals surface area contributed by atoms with Crippen LogP contribution >= 0.6 is 23.2 Å². The van der Waals surface area contributed by atoms with Crippen LogP contribution in [0.4, 0.5) is 5.69 Å². The third kappa shape index (κ3) is 5.03.